The number of quaternary nitrogens is 1. The fraction of sp³-hybridized carbons (Fsp3) is 0.300. The van der Waals surface area contributed by atoms with Gasteiger partial charge in [0.05, 0.1) is 11.3 Å². The molecule has 0 aliphatic carbocycles. The number of nitrogens with zero attached hydrogens (tertiary/aromatic N) is 1. The van der Waals surface area contributed by atoms with Gasteiger partial charge < -0.3 is 5.73 Å². The van der Waals surface area contributed by atoms with Crippen molar-refractivity contribution >= 4 is 46.3 Å². The number of Topliss-reactive ketones (excluding diaryl/α,β-unsaturated/α-hetero) is 1. The molecule has 1 rings (SSSR count). The van der Waals surface area contributed by atoms with Crippen molar-refractivity contribution in [2.24, 2.45) is 0 Å². The van der Waals surface area contributed by atoms with Gasteiger partial charge in [0.15, 0.2) is 5.78 Å². The number of hydrogen-bond donors (Lipinski definition) is 1. The van der Waals surface area contributed by atoms with Crippen LogP contribution < -0.4 is 5.73 Å². The van der Waals surface area contributed by atoms with Crippen LogP contribution in [0.4, 0.5) is 5.69 Å². The summed E-state index contributed by atoms with van der Waals surface area (Å²) in [5.41, 5.74) is 3.83. The molecule has 18 heavy (non-hydrogen) atoms. The minimum absolute atomic E-state index is 0.0473. The number of alkyl halides is 3. The average Bonchev–Trinajstić information content (AvgIpc) is 2.27. The fourth-order valence-electron chi connectivity index (χ4n) is 1.23. The van der Waals surface area contributed by atoms with E-state index < -0.39 is 14.8 Å². The molecule has 1 atom stereocenters. The Bertz CT molecular complexity index is 456. The Hall–Kier alpha value is -0.880. The molecule has 0 fully saturated rings. The van der Waals surface area contributed by atoms with E-state index in [2.05, 4.69) is 5.73 Å². The van der Waals surface area contributed by atoms with E-state index in [-0.39, 0.29) is 17.9 Å². The van der Waals surface area contributed by atoms with Crippen LogP contribution in [-0.2, 0) is 0 Å². The maximum Gasteiger partial charge on any atom is 0.269 e. The number of nitro benzene ring substituents is 1. The van der Waals surface area contributed by atoms with Crippen LogP contribution in [-0.4, -0.2) is 20.5 Å². The molecule has 0 saturated carbocycles. The minimum Gasteiger partial charge on any atom is -0.351 e. The third kappa shape index (κ3) is 4.10. The molecule has 3 N–H and O–H groups in total. The van der Waals surface area contributed by atoms with Gasteiger partial charge in [-0.3, -0.25) is 14.9 Å². The first-order valence-corrected chi connectivity index (χ1v) is 6.02. The molecule has 0 amide bonds. The molecular formula is C10H10Cl3N2O3+. The first kappa shape index (κ1) is 15.2. The van der Waals surface area contributed by atoms with Gasteiger partial charge in [0.2, 0.25) is 3.79 Å². The summed E-state index contributed by atoms with van der Waals surface area (Å²) in [7, 11) is 0. The number of hydrogen-bond acceptors (Lipinski definition) is 3. The van der Waals surface area contributed by atoms with E-state index in [1.165, 1.54) is 24.3 Å². The molecule has 0 bridgehead atoms. The number of carbonyl (C=O) groups excluding carboxylic acids is 1. The van der Waals surface area contributed by atoms with E-state index in [1.807, 2.05) is 0 Å². The van der Waals surface area contributed by atoms with Crippen LogP contribution in [0.15, 0.2) is 24.3 Å². The van der Waals surface area contributed by atoms with Crippen molar-refractivity contribution in [3.8, 4) is 0 Å². The number of non-ortho nitro benzene ring substituents is 1. The van der Waals surface area contributed by atoms with Crippen LogP contribution in [0.25, 0.3) is 0 Å². The van der Waals surface area contributed by atoms with Crippen molar-refractivity contribution < 1.29 is 15.5 Å². The van der Waals surface area contributed by atoms with Crippen molar-refractivity contribution in [1.29, 1.82) is 0 Å². The van der Waals surface area contributed by atoms with Gasteiger partial charge in [0.25, 0.3) is 5.69 Å². The van der Waals surface area contributed by atoms with Crippen molar-refractivity contribution in [2.75, 3.05) is 0 Å². The topological polar surface area (TPSA) is 87.8 Å². The van der Waals surface area contributed by atoms with Crippen LogP contribution >= 0.6 is 34.8 Å². The quantitative estimate of drug-likeness (QED) is 0.400. The normalized spacial score (nSPS) is 13.1. The highest BCUT2D eigenvalue weighted by molar-refractivity contribution is 6.68. The highest BCUT2D eigenvalue weighted by Gasteiger charge is 2.34. The van der Waals surface area contributed by atoms with Crippen LogP contribution in [0.3, 0.4) is 0 Å². The third-order valence-corrected chi connectivity index (χ3v) is 3.22. The van der Waals surface area contributed by atoms with Crippen molar-refractivity contribution in [3.05, 3.63) is 39.9 Å². The Balaban J connectivity index is 2.76. The molecule has 1 unspecified atom stereocenters. The lowest BCUT2D eigenvalue weighted by molar-refractivity contribution is -0.416. The summed E-state index contributed by atoms with van der Waals surface area (Å²) in [6.45, 7) is 0. The van der Waals surface area contributed by atoms with E-state index in [4.69, 9.17) is 34.8 Å². The van der Waals surface area contributed by atoms with Crippen LogP contribution in [0.5, 0.6) is 0 Å². The highest BCUT2D eigenvalue weighted by atomic mass is 35.6. The smallest absolute Gasteiger partial charge is 0.269 e. The van der Waals surface area contributed by atoms with E-state index >= 15 is 0 Å². The summed E-state index contributed by atoms with van der Waals surface area (Å²) in [5, 5.41) is 10.4. The molecule has 98 valence electrons. The average molecular weight is 313 g/mol. The zero-order valence-electron chi connectivity index (χ0n) is 9.11. The summed E-state index contributed by atoms with van der Waals surface area (Å²) in [6, 6.07) is 4.54. The van der Waals surface area contributed by atoms with E-state index in [0.717, 1.165) is 0 Å². The molecular weight excluding hydrogens is 302 g/mol. The van der Waals surface area contributed by atoms with Crippen molar-refractivity contribution in [2.45, 2.75) is 16.3 Å². The molecule has 1 aromatic rings. The van der Waals surface area contributed by atoms with Crippen molar-refractivity contribution in [3.63, 3.8) is 0 Å². The van der Waals surface area contributed by atoms with Crippen LogP contribution in [0.1, 0.15) is 16.8 Å². The second-order valence-corrected chi connectivity index (χ2v) is 6.04. The lowest BCUT2D eigenvalue weighted by atomic mass is 10.0. The molecule has 0 spiro atoms. The number of ketones is 1. The Labute approximate surface area is 118 Å². The van der Waals surface area contributed by atoms with Gasteiger partial charge in [-0.15, -0.1) is 0 Å². The largest absolute Gasteiger partial charge is 0.351 e. The number of rotatable bonds is 4. The van der Waals surface area contributed by atoms with Gasteiger partial charge in [-0.05, 0) is 12.1 Å². The zero-order valence-corrected chi connectivity index (χ0v) is 11.4. The van der Waals surface area contributed by atoms with Gasteiger partial charge in [0.1, 0.15) is 6.04 Å². The summed E-state index contributed by atoms with van der Waals surface area (Å²) in [4.78, 5) is 21.7. The molecule has 0 aliphatic rings. The third-order valence-electron chi connectivity index (χ3n) is 2.29. The molecule has 1 aromatic carbocycles. The summed E-state index contributed by atoms with van der Waals surface area (Å²) in [5.74, 6) is -0.281. The summed E-state index contributed by atoms with van der Waals surface area (Å²) >= 11 is 16.8. The number of benzene rings is 1. The van der Waals surface area contributed by atoms with Gasteiger partial charge in [-0.25, -0.2) is 0 Å². The number of carbonyl (C=O) groups is 1. The molecule has 0 aliphatic heterocycles. The molecule has 0 aromatic heterocycles. The van der Waals surface area contributed by atoms with E-state index in [1.54, 1.807) is 0 Å². The Morgan fingerprint density at radius 3 is 2.22 bits per heavy atom. The van der Waals surface area contributed by atoms with Crippen molar-refractivity contribution in [1.82, 2.24) is 0 Å². The SMILES string of the molecule is [NH3+]C(CC(=O)c1ccc([N+](=O)[O-])cc1)C(Cl)(Cl)Cl. The number of halogens is 3. The van der Waals surface area contributed by atoms with E-state index in [9.17, 15) is 14.9 Å². The van der Waals surface area contributed by atoms with Gasteiger partial charge >= 0.3 is 0 Å². The van der Waals surface area contributed by atoms with E-state index in [0.29, 0.717) is 5.56 Å². The predicted molar refractivity (Wildman–Crippen MR) is 69.0 cm³/mol. The molecule has 0 radical (unpaired) electrons. The number of nitro groups is 1. The zero-order chi connectivity index (χ0) is 13.9. The maximum absolute atomic E-state index is 11.8. The first-order chi connectivity index (χ1) is 8.21. The Morgan fingerprint density at radius 1 is 1.33 bits per heavy atom. The maximum atomic E-state index is 11.8. The lowest BCUT2D eigenvalue weighted by Gasteiger charge is -2.15. The van der Waals surface area contributed by atoms with Gasteiger partial charge in [0, 0.05) is 17.7 Å². The lowest BCUT2D eigenvalue weighted by Crippen LogP contribution is -2.67. The van der Waals surface area contributed by atoms with Crippen LogP contribution in [0.2, 0.25) is 0 Å². The highest BCUT2D eigenvalue weighted by Crippen LogP contribution is 2.30. The predicted octanol–water partition coefficient (Wildman–Crippen LogP) is 2.15. The molecule has 5 nitrogen and oxygen atoms in total. The van der Waals surface area contributed by atoms with Crippen LogP contribution in [0, 0.1) is 10.1 Å². The molecule has 0 saturated heterocycles. The molecule has 0 heterocycles. The van der Waals surface area contributed by atoms with Gasteiger partial charge in [-0.1, -0.05) is 34.8 Å². The minimum atomic E-state index is -1.61. The van der Waals surface area contributed by atoms with Gasteiger partial charge in [-0.2, -0.15) is 0 Å². The first-order valence-electron chi connectivity index (χ1n) is 4.89. The standard InChI is InChI=1S/C10H9Cl3N2O3/c11-10(12,13)9(14)5-8(16)6-1-3-7(4-2-6)15(17)18/h1-4,9H,5,14H2/p+1. The second kappa shape index (κ2) is 5.84. The monoisotopic (exact) mass is 311 g/mol. The Morgan fingerprint density at radius 2 is 1.83 bits per heavy atom. The second-order valence-electron chi connectivity index (χ2n) is 3.67. The Kier molecular flexibility index (Phi) is 4.92. The molecule has 8 heteroatoms. The fourth-order valence-corrected chi connectivity index (χ4v) is 1.46. The summed E-state index contributed by atoms with van der Waals surface area (Å²) in [6.07, 6.45) is -0.0473. The summed E-state index contributed by atoms with van der Waals surface area (Å²) < 4.78 is -1.61.